The molecule has 0 amide bonds. The lowest BCUT2D eigenvalue weighted by Crippen LogP contribution is -2.08. The molecule has 0 aliphatic heterocycles. The molecular formula is C14H22O4. The summed E-state index contributed by atoms with van der Waals surface area (Å²) < 4.78 is 10.3. The Labute approximate surface area is 108 Å². The van der Waals surface area contributed by atoms with E-state index in [1.54, 1.807) is 21.1 Å². The van der Waals surface area contributed by atoms with Gasteiger partial charge in [-0.2, -0.15) is 0 Å². The van der Waals surface area contributed by atoms with E-state index in [9.17, 15) is 10.2 Å². The minimum atomic E-state index is -0.725. The molecule has 18 heavy (non-hydrogen) atoms. The molecule has 0 bridgehead atoms. The normalized spacial score (nSPS) is 12.8. The van der Waals surface area contributed by atoms with Crippen molar-refractivity contribution in [3.63, 3.8) is 0 Å². The van der Waals surface area contributed by atoms with Crippen LogP contribution in [0.2, 0.25) is 0 Å². The summed E-state index contributed by atoms with van der Waals surface area (Å²) in [5.74, 6) is 0.127. The third-order valence-electron chi connectivity index (χ3n) is 3.30. The van der Waals surface area contributed by atoms with Crippen LogP contribution in [-0.2, 0) is 22.7 Å². The van der Waals surface area contributed by atoms with E-state index >= 15 is 0 Å². The second-order valence-electron chi connectivity index (χ2n) is 4.51. The van der Waals surface area contributed by atoms with E-state index < -0.39 is 6.10 Å². The summed E-state index contributed by atoms with van der Waals surface area (Å²) >= 11 is 0. The number of ether oxygens (including phenoxy) is 2. The minimum Gasteiger partial charge on any atom is -0.507 e. The molecule has 1 rings (SSSR count). The van der Waals surface area contributed by atoms with E-state index in [2.05, 4.69) is 0 Å². The van der Waals surface area contributed by atoms with Gasteiger partial charge >= 0.3 is 0 Å². The Kier molecular flexibility index (Phi) is 5.14. The van der Waals surface area contributed by atoms with Crippen LogP contribution >= 0.6 is 0 Å². The molecule has 102 valence electrons. The van der Waals surface area contributed by atoms with Crippen molar-refractivity contribution in [2.45, 2.75) is 40.1 Å². The number of aliphatic hydroxyl groups is 1. The highest BCUT2D eigenvalue weighted by Gasteiger charge is 2.21. The predicted molar refractivity (Wildman–Crippen MR) is 69.6 cm³/mol. The number of phenolic OH excluding ortho intramolecular Hbond substituents is 1. The Hall–Kier alpha value is -1.10. The Bertz CT molecular complexity index is 391. The number of benzene rings is 1. The smallest absolute Gasteiger partial charge is 0.127 e. The molecular weight excluding hydrogens is 232 g/mol. The first-order chi connectivity index (χ1) is 8.45. The monoisotopic (exact) mass is 254 g/mol. The van der Waals surface area contributed by atoms with Crippen molar-refractivity contribution in [2.24, 2.45) is 0 Å². The zero-order valence-corrected chi connectivity index (χ0v) is 11.7. The fraction of sp³-hybridized carbons (Fsp3) is 0.571. The summed E-state index contributed by atoms with van der Waals surface area (Å²) in [4.78, 5) is 0. The van der Waals surface area contributed by atoms with Crippen LogP contribution in [0.1, 0.15) is 40.8 Å². The second kappa shape index (κ2) is 6.18. The highest BCUT2D eigenvalue weighted by molar-refractivity contribution is 5.54. The lowest BCUT2D eigenvalue weighted by Gasteiger charge is -2.21. The molecule has 1 aromatic carbocycles. The predicted octanol–water partition coefficient (Wildman–Crippen LogP) is 2.36. The van der Waals surface area contributed by atoms with Gasteiger partial charge in [-0.05, 0) is 37.5 Å². The minimum absolute atomic E-state index is 0.127. The topological polar surface area (TPSA) is 58.9 Å². The van der Waals surface area contributed by atoms with Gasteiger partial charge in [0, 0.05) is 25.3 Å². The fourth-order valence-electron chi connectivity index (χ4n) is 2.34. The zero-order chi connectivity index (χ0) is 13.9. The molecule has 0 radical (unpaired) electrons. The summed E-state index contributed by atoms with van der Waals surface area (Å²) in [6.45, 7) is 6.23. The highest BCUT2D eigenvalue weighted by atomic mass is 16.5. The van der Waals surface area contributed by atoms with Crippen LogP contribution in [0.25, 0.3) is 0 Å². The number of methoxy groups -OCH3 is 2. The van der Waals surface area contributed by atoms with Crippen LogP contribution in [-0.4, -0.2) is 24.4 Å². The van der Waals surface area contributed by atoms with Crippen LogP contribution in [0.5, 0.6) is 5.75 Å². The van der Waals surface area contributed by atoms with Crippen molar-refractivity contribution < 1.29 is 19.7 Å². The van der Waals surface area contributed by atoms with Crippen molar-refractivity contribution in [1.82, 2.24) is 0 Å². The Morgan fingerprint density at radius 2 is 1.50 bits per heavy atom. The summed E-state index contributed by atoms with van der Waals surface area (Å²) in [5.41, 5.74) is 4.10. The number of aromatic hydroxyl groups is 1. The number of phenols is 1. The van der Waals surface area contributed by atoms with E-state index in [1.807, 2.05) is 13.8 Å². The largest absolute Gasteiger partial charge is 0.507 e. The molecule has 4 nitrogen and oxygen atoms in total. The lowest BCUT2D eigenvalue weighted by molar-refractivity contribution is 0.171. The molecule has 0 fully saturated rings. The molecule has 4 heteroatoms. The van der Waals surface area contributed by atoms with Crippen LogP contribution < -0.4 is 0 Å². The van der Waals surface area contributed by atoms with Crippen molar-refractivity contribution in [3.05, 3.63) is 27.8 Å². The van der Waals surface area contributed by atoms with Gasteiger partial charge in [-0.1, -0.05) is 0 Å². The molecule has 1 atom stereocenters. The molecule has 0 aliphatic carbocycles. The highest BCUT2D eigenvalue weighted by Crippen LogP contribution is 2.37. The van der Waals surface area contributed by atoms with Crippen molar-refractivity contribution in [1.29, 1.82) is 0 Å². The van der Waals surface area contributed by atoms with E-state index in [-0.39, 0.29) is 5.75 Å². The van der Waals surface area contributed by atoms with Gasteiger partial charge in [0.05, 0.1) is 19.3 Å². The van der Waals surface area contributed by atoms with Gasteiger partial charge in [0.15, 0.2) is 0 Å². The van der Waals surface area contributed by atoms with Crippen LogP contribution in [0.3, 0.4) is 0 Å². The second-order valence-corrected chi connectivity index (χ2v) is 4.51. The van der Waals surface area contributed by atoms with Crippen molar-refractivity contribution in [2.75, 3.05) is 14.2 Å². The molecule has 0 aliphatic rings. The van der Waals surface area contributed by atoms with Gasteiger partial charge in [-0.3, -0.25) is 0 Å². The molecule has 0 saturated heterocycles. The summed E-state index contributed by atoms with van der Waals surface area (Å²) in [6.07, 6.45) is -0.725. The first kappa shape index (κ1) is 15.0. The maximum Gasteiger partial charge on any atom is 0.127 e. The first-order valence-corrected chi connectivity index (χ1v) is 5.95. The summed E-state index contributed by atoms with van der Waals surface area (Å²) in [5, 5.41) is 20.1. The van der Waals surface area contributed by atoms with Gasteiger partial charge in [0.2, 0.25) is 0 Å². The maximum atomic E-state index is 10.3. The molecule has 0 aromatic heterocycles. The quantitative estimate of drug-likeness (QED) is 0.847. The molecule has 2 N–H and O–H groups in total. The summed E-state index contributed by atoms with van der Waals surface area (Å²) in [7, 11) is 3.21. The van der Waals surface area contributed by atoms with Gasteiger partial charge in [-0.15, -0.1) is 0 Å². The lowest BCUT2D eigenvalue weighted by atomic mass is 9.90. The maximum absolute atomic E-state index is 10.3. The number of hydrogen-bond donors (Lipinski definition) is 2. The fourth-order valence-corrected chi connectivity index (χ4v) is 2.34. The first-order valence-electron chi connectivity index (χ1n) is 5.95. The van der Waals surface area contributed by atoms with Gasteiger partial charge in [-0.25, -0.2) is 0 Å². The van der Waals surface area contributed by atoms with E-state index in [4.69, 9.17) is 9.47 Å². The third kappa shape index (κ3) is 2.66. The Balaban J connectivity index is 3.53. The SMILES string of the molecule is COCc1c(C)c(COC)c(O)c(C(C)O)c1C. The average Bonchev–Trinajstić information content (AvgIpc) is 2.30. The molecule has 0 spiro atoms. The Morgan fingerprint density at radius 1 is 1.00 bits per heavy atom. The van der Waals surface area contributed by atoms with Gasteiger partial charge in [0.25, 0.3) is 0 Å². The average molecular weight is 254 g/mol. The number of hydrogen-bond acceptors (Lipinski definition) is 4. The van der Waals surface area contributed by atoms with E-state index in [0.29, 0.717) is 24.3 Å². The number of aliphatic hydroxyl groups excluding tert-OH is 1. The molecule has 0 heterocycles. The molecule has 0 saturated carbocycles. The van der Waals surface area contributed by atoms with Crippen LogP contribution in [0.15, 0.2) is 0 Å². The number of rotatable bonds is 5. The summed E-state index contributed by atoms with van der Waals surface area (Å²) in [6, 6.07) is 0. The van der Waals surface area contributed by atoms with Crippen LogP contribution in [0, 0.1) is 13.8 Å². The standard InChI is InChI=1S/C14H22O4/c1-8-11(6-17-4)9(2)13(10(3)15)14(16)12(8)7-18-5/h10,15-16H,6-7H2,1-5H3. The molecule has 1 aromatic rings. The van der Waals surface area contributed by atoms with Gasteiger partial charge < -0.3 is 19.7 Å². The van der Waals surface area contributed by atoms with E-state index in [1.165, 1.54) is 0 Å². The third-order valence-corrected chi connectivity index (χ3v) is 3.30. The zero-order valence-electron chi connectivity index (χ0n) is 11.7. The van der Waals surface area contributed by atoms with Crippen molar-refractivity contribution in [3.8, 4) is 5.75 Å². The van der Waals surface area contributed by atoms with Gasteiger partial charge in [0.1, 0.15) is 5.75 Å². The van der Waals surface area contributed by atoms with Crippen molar-refractivity contribution >= 4 is 0 Å². The molecule has 1 unspecified atom stereocenters. The van der Waals surface area contributed by atoms with E-state index in [0.717, 1.165) is 16.7 Å². The Morgan fingerprint density at radius 3 is 1.94 bits per heavy atom. The van der Waals surface area contributed by atoms with Crippen LogP contribution in [0.4, 0.5) is 0 Å².